The molecule has 1 aliphatic rings. The van der Waals surface area contributed by atoms with E-state index in [9.17, 15) is 8.42 Å². The van der Waals surface area contributed by atoms with E-state index in [1.807, 2.05) is 0 Å². The van der Waals surface area contributed by atoms with E-state index in [0.717, 1.165) is 25.9 Å². The van der Waals surface area contributed by atoms with Crippen LogP contribution >= 0.6 is 11.6 Å². The number of ether oxygens (including phenoxy) is 1. The molecule has 1 aliphatic heterocycles. The highest BCUT2D eigenvalue weighted by Crippen LogP contribution is 2.29. The monoisotopic (exact) mass is 332 g/mol. The molecule has 0 aromatic heterocycles. The third kappa shape index (κ3) is 4.10. The Bertz CT molecular complexity index is 598. The van der Waals surface area contributed by atoms with Gasteiger partial charge in [-0.1, -0.05) is 18.5 Å². The molecule has 0 unspecified atom stereocenters. The molecule has 5 nitrogen and oxygen atoms in total. The molecule has 2 N–H and O–H groups in total. The summed E-state index contributed by atoms with van der Waals surface area (Å²) in [7, 11) is -2.15. The van der Waals surface area contributed by atoms with Gasteiger partial charge >= 0.3 is 0 Å². The minimum absolute atomic E-state index is 0.0241. The number of piperidine rings is 1. The van der Waals surface area contributed by atoms with Gasteiger partial charge < -0.3 is 10.1 Å². The largest absolute Gasteiger partial charge is 0.497 e. The normalized spacial score (nSPS) is 18.4. The van der Waals surface area contributed by atoms with E-state index in [1.165, 1.54) is 19.2 Å². The maximum absolute atomic E-state index is 12.4. The Kier molecular flexibility index (Phi) is 5.14. The Balaban J connectivity index is 2.15. The molecule has 1 aromatic carbocycles. The van der Waals surface area contributed by atoms with Crippen molar-refractivity contribution in [3.05, 3.63) is 23.2 Å². The fourth-order valence-corrected chi connectivity index (χ4v) is 4.08. The highest BCUT2D eigenvalue weighted by molar-refractivity contribution is 7.89. The molecule has 0 atom stereocenters. The van der Waals surface area contributed by atoms with Crippen LogP contribution in [0.3, 0.4) is 0 Å². The molecule has 1 fully saturated rings. The van der Waals surface area contributed by atoms with Crippen molar-refractivity contribution in [3.63, 3.8) is 0 Å². The molecule has 2 rings (SSSR count). The molecule has 0 saturated carbocycles. The molecule has 1 aromatic rings. The van der Waals surface area contributed by atoms with E-state index in [1.54, 1.807) is 6.07 Å². The van der Waals surface area contributed by atoms with Crippen molar-refractivity contribution in [2.45, 2.75) is 24.7 Å². The molecule has 0 spiro atoms. The summed E-state index contributed by atoms with van der Waals surface area (Å²) in [5, 5.41) is 3.47. The smallest absolute Gasteiger partial charge is 0.242 e. The van der Waals surface area contributed by atoms with Crippen molar-refractivity contribution in [3.8, 4) is 5.75 Å². The Morgan fingerprint density at radius 1 is 1.38 bits per heavy atom. The number of hydrogen-bond donors (Lipinski definition) is 2. The number of methoxy groups -OCH3 is 1. The van der Waals surface area contributed by atoms with Crippen LogP contribution in [0.15, 0.2) is 23.1 Å². The third-order valence-corrected chi connectivity index (χ3v) is 5.81. The summed E-state index contributed by atoms with van der Waals surface area (Å²) < 4.78 is 32.6. The number of halogens is 1. The zero-order valence-corrected chi connectivity index (χ0v) is 13.9. The van der Waals surface area contributed by atoms with Crippen molar-refractivity contribution in [1.82, 2.24) is 10.0 Å². The zero-order chi connectivity index (χ0) is 15.5. The van der Waals surface area contributed by atoms with Crippen molar-refractivity contribution < 1.29 is 13.2 Å². The Morgan fingerprint density at radius 2 is 2.05 bits per heavy atom. The summed E-state index contributed by atoms with van der Waals surface area (Å²) in [5.41, 5.74) is -0.0241. The van der Waals surface area contributed by atoms with Crippen molar-refractivity contribution >= 4 is 21.6 Å². The maximum atomic E-state index is 12.4. The number of sulfonamides is 1. The molecule has 1 saturated heterocycles. The summed E-state index contributed by atoms with van der Waals surface area (Å²) in [6.07, 6.45) is 1.89. The molecule has 0 radical (unpaired) electrons. The van der Waals surface area contributed by atoms with Gasteiger partial charge in [0.1, 0.15) is 10.6 Å². The average molecular weight is 333 g/mol. The first-order valence-electron chi connectivity index (χ1n) is 6.90. The van der Waals surface area contributed by atoms with E-state index in [4.69, 9.17) is 16.3 Å². The van der Waals surface area contributed by atoms with Crippen LogP contribution < -0.4 is 14.8 Å². The summed E-state index contributed by atoms with van der Waals surface area (Å²) in [6.45, 7) is 4.34. The van der Waals surface area contributed by atoms with Gasteiger partial charge in [0, 0.05) is 12.6 Å². The molecule has 1 heterocycles. The third-order valence-electron chi connectivity index (χ3n) is 3.93. The first-order valence-corrected chi connectivity index (χ1v) is 8.76. The lowest BCUT2D eigenvalue weighted by Gasteiger charge is -2.34. The second-order valence-electron chi connectivity index (χ2n) is 5.68. The van der Waals surface area contributed by atoms with Gasteiger partial charge in [0.05, 0.1) is 12.1 Å². The predicted molar refractivity (Wildman–Crippen MR) is 83.4 cm³/mol. The van der Waals surface area contributed by atoms with Gasteiger partial charge in [0.2, 0.25) is 10.0 Å². The average Bonchev–Trinajstić information content (AvgIpc) is 2.47. The fraction of sp³-hybridized carbons (Fsp3) is 0.571. The van der Waals surface area contributed by atoms with Gasteiger partial charge in [-0.3, -0.25) is 0 Å². The van der Waals surface area contributed by atoms with Gasteiger partial charge in [0.25, 0.3) is 0 Å². The van der Waals surface area contributed by atoms with Crippen molar-refractivity contribution in [2.24, 2.45) is 5.41 Å². The lowest BCUT2D eigenvalue weighted by atomic mass is 9.81. The molecular weight excluding hydrogens is 312 g/mol. The van der Waals surface area contributed by atoms with Crippen LogP contribution in [-0.4, -0.2) is 35.2 Å². The van der Waals surface area contributed by atoms with Crippen molar-refractivity contribution in [2.75, 3.05) is 26.7 Å². The Labute approximate surface area is 131 Å². The topological polar surface area (TPSA) is 67.4 Å². The van der Waals surface area contributed by atoms with Crippen LogP contribution in [0.4, 0.5) is 0 Å². The highest BCUT2D eigenvalue weighted by atomic mass is 35.5. The second kappa shape index (κ2) is 6.52. The van der Waals surface area contributed by atoms with E-state index in [0.29, 0.717) is 12.3 Å². The van der Waals surface area contributed by atoms with Gasteiger partial charge in [0.15, 0.2) is 0 Å². The number of benzene rings is 1. The van der Waals surface area contributed by atoms with Gasteiger partial charge in [-0.2, -0.15) is 0 Å². The lowest BCUT2D eigenvalue weighted by molar-refractivity contribution is 0.232. The molecular formula is C14H21ClN2O3S. The predicted octanol–water partition coefficient (Wildman–Crippen LogP) is 2.02. The van der Waals surface area contributed by atoms with Gasteiger partial charge in [-0.15, -0.1) is 0 Å². The summed E-state index contributed by atoms with van der Waals surface area (Å²) in [6, 6.07) is 4.60. The summed E-state index contributed by atoms with van der Waals surface area (Å²) in [4.78, 5) is 0.0565. The SMILES string of the molecule is COc1ccc(Cl)c(S(=O)(=O)NCC2(C)CCNCC2)c1. The van der Waals surface area contributed by atoms with Crippen LogP contribution in [0.1, 0.15) is 19.8 Å². The van der Waals surface area contributed by atoms with Gasteiger partial charge in [-0.05, 0) is 43.5 Å². The van der Waals surface area contributed by atoms with Crippen LogP contribution in [0.25, 0.3) is 0 Å². The quantitative estimate of drug-likeness (QED) is 0.865. The molecule has 0 aliphatic carbocycles. The van der Waals surface area contributed by atoms with Crippen molar-refractivity contribution in [1.29, 1.82) is 0 Å². The van der Waals surface area contributed by atoms with E-state index >= 15 is 0 Å². The first kappa shape index (κ1) is 16.5. The lowest BCUT2D eigenvalue weighted by Crippen LogP contribution is -2.42. The number of rotatable bonds is 5. The highest BCUT2D eigenvalue weighted by Gasteiger charge is 2.29. The molecule has 7 heteroatoms. The first-order chi connectivity index (χ1) is 9.86. The maximum Gasteiger partial charge on any atom is 0.242 e. The minimum atomic E-state index is -3.64. The summed E-state index contributed by atoms with van der Waals surface area (Å²) >= 11 is 6.01. The molecule has 21 heavy (non-hydrogen) atoms. The minimum Gasteiger partial charge on any atom is -0.497 e. The van der Waals surface area contributed by atoms with E-state index < -0.39 is 10.0 Å². The number of nitrogens with one attached hydrogen (secondary N) is 2. The van der Waals surface area contributed by atoms with E-state index in [-0.39, 0.29) is 15.3 Å². The van der Waals surface area contributed by atoms with Crippen LogP contribution in [-0.2, 0) is 10.0 Å². The fourth-order valence-electron chi connectivity index (χ4n) is 2.37. The van der Waals surface area contributed by atoms with Crippen LogP contribution in [0, 0.1) is 5.41 Å². The molecule has 0 bridgehead atoms. The second-order valence-corrected chi connectivity index (χ2v) is 7.82. The van der Waals surface area contributed by atoms with E-state index in [2.05, 4.69) is 17.0 Å². The number of hydrogen-bond acceptors (Lipinski definition) is 4. The summed E-state index contributed by atoms with van der Waals surface area (Å²) in [5.74, 6) is 0.466. The molecule has 0 amide bonds. The van der Waals surface area contributed by atoms with Crippen LogP contribution in [0.2, 0.25) is 5.02 Å². The van der Waals surface area contributed by atoms with Crippen LogP contribution in [0.5, 0.6) is 5.75 Å². The zero-order valence-electron chi connectivity index (χ0n) is 12.3. The Hall–Kier alpha value is -0.820. The molecule has 118 valence electrons. The van der Waals surface area contributed by atoms with Gasteiger partial charge in [-0.25, -0.2) is 13.1 Å². The standard InChI is InChI=1S/C14H21ClN2O3S/c1-14(5-7-16-8-6-14)10-17-21(18,19)13-9-11(20-2)3-4-12(13)15/h3-4,9,16-17H,5-8,10H2,1-2H3. The Morgan fingerprint density at radius 3 is 2.67 bits per heavy atom.